The molecule has 1 rings (SSSR count). The van der Waals surface area contributed by atoms with Crippen LogP contribution in [0.1, 0.15) is 13.3 Å². The number of carbonyl (C=O) groups is 1. The molecule has 0 radical (unpaired) electrons. The number of amides is 1. The molecule has 0 aliphatic rings. The number of ether oxygens (including phenoxy) is 1. The molecule has 3 N–H and O–H groups in total. The molecule has 0 heterocycles. The average molecular weight is 279 g/mol. The molecule has 6 heteroatoms. The Bertz CT molecular complexity index is 372. The molecule has 0 saturated heterocycles. The number of anilines is 1. The molecule has 1 aromatic rings. The summed E-state index contributed by atoms with van der Waals surface area (Å²) in [4.78, 5) is 11.2. The van der Waals surface area contributed by atoms with Gasteiger partial charge in [0.05, 0.1) is 18.8 Å². The van der Waals surface area contributed by atoms with E-state index in [0.717, 1.165) is 6.42 Å². The van der Waals surface area contributed by atoms with Crippen LogP contribution < -0.4 is 15.8 Å². The topological polar surface area (TPSA) is 64.3 Å². The van der Waals surface area contributed by atoms with Crippen LogP contribution >= 0.6 is 24.0 Å². The van der Waals surface area contributed by atoms with Crippen molar-refractivity contribution in [2.75, 3.05) is 18.5 Å². The summed E-state index contributed by atoms with van der Waals surface area (Å²) in [7, 11) is 0. The Morgan fingerprint density at radius 2 is 2.24 bits per heavy atom. The van der Waals surface area contributed by atoms with Gasteiger partial charge in [-0.1, -0.05) is 18.5 Å². The van der Waals surface area contributed by atoms with E-state index >= 15 is 0 Å². The zero-order valence-corrected chi connectivity index (χ0v) is 11.1. The first kappa shape index (κ1) is 16.0. The summed E-state index contributed by atoms with van der Waals surface area (Å²) in [5, 5.41) is 3.17. The van der Waals surface area contributed by atoms with Crippen molar-refractivity contribution in [1.82, 2.24) is 0 Å². The summed E-state index contributed by atoms with van der Waals surface area (Å²) in [6.45, 7) is 2.53. The SMILES string of the molecule is CCCOc1ccc(Cl)cc1NC(=O)CN.Cl. The van der Waals surface area contributed by atoms with Gasteiger partial charge in [-0.25, -0.2) is 0 Å². The highest BCUT2D eigenvalue weighted by Crippen LogP contribution is 2.28. The molecule has 0 spiro atoms. The zero-order valence-electron chi connectivity index (χ0n) is 9.53. The number of rotatable bonds is 5. The van der Waals surface area contributed by atoms with E-state index in [4.69, 9.17) is 22.1 Å². The number of carbonyl (C=O) groups excluding carboxylic acids is 1. The maximum atomic E-state index is 11.2. The maximum Gasteiger partial charge on any atom is 0.238 e. The van der Waals surface area contributed by atoms with E-state index < -0.39 is 0 Å². The quantitative estimate of drug-likeness (QED) is 0.870. The summed E-state index contributed by atoms with van der Waals surface area (Å²) in [5.74, 6) is 0.330. The number of nitrogens with one attached hydrogen (secondary N) is 1. The van der Waals surface area contributed by atoms with Gasteiger partial charge in [0.2, 0.25) is 5.91 Å². The van der Waals surface area contributed by atoms with E-state index in [0.29, 0.717) is 23.1 Å². The number of hydrogen-bond donors (Lipinski definition) is 2. The third-order valence-electron chi connectivity index (χ3n) is 1.86. The largest absolute Gasteiger partial charge is 0.491 e. The van der Waals surface area contributed by atoms with Crippen molar-refractivity contribution < 1.29 is 9.53 Å². The molecule has 0 aromatic heterocycles. The van der Waals surface area contributed by atoms with Gasteiger partial charge < -0.3 is 15.8 Å². The minimum absolute atomic E-state index is 0. The lowest BCUT2D eigenvalue weighted by molar-refractivity contribution is -0.114. The third-order valence-corrected chi connectivity index (χ3v) is 2.10. The third kappa shape index (κ3) is 5.26. The molecule has 0 fully saturated rings. The molecule has 17 heavy (non-hydrogen) atoms. The summed E-state index contributed by atoms with van der Waals surface area (Å²) >= 11 is 5.84. The Morgan fingerprint density at radius 3 is 2.82 bits per heavy atom. The van der Waals surface area contributed by atoms with Gasteiger partial charge in [0.15, 0.2) is 0 Å². The van der Waals surface area contributed by atoms with Crippen molar-refractivity contribution >= 4 is 35.6 Å². The van der Waals surface area contributed by atoms with Crippen molar-refractivity contribution in [2.24, 2.45) is 5.73 Å². The fraction of sp³-hybridized carbons (Fsp3) is 0.364. The number of nitrogens with two attached hydrogens (primary N) is 1. The molecule has 0 aliphatic carbocycles. The Kier molecular flexibility index (Phi) is 7.70. The minimum Gasteiger partial charge on any atom is -0.491 e. The van der Waals surface area contributed by atoms with Gasteiger partial charge in [0.1, 0.15) is 5.75 Å². The Labute approximate surface area is 112 Å². The molecule has 0 bridgehead atoms. The van der Waals surface area contributed by atoms with Crippen LogP contribution in [0.5, 0.6) is 5.75 Å². The standard InChI is InChI=1S/C11H15ClN2O2.ClH/c1-2-5-16-10-4-3-8(12)6-9(10)14-11(15)7-13;/h3-4,6H,2,5,7,13H2,1H3,(H,14,15);1H. The summed E-state index contributed by atoms with van der Waals surface area (Å²) < 4.78 is 5.47. The van der Waals surface area contributed by atoms with E-state index in [9.17, 15) is 4.79 Å². The monoisotopic (exact) mass is 278 g/mol. The molecular formula is C11H16Cl2N2O2. The van der Waals surface area contributed by atoms with Crippen molar-refractivity contribution in [1.29, 1.82) is 0 Å². The lowest BCUT2D eigenvalue weighted by atomic mass is 10.3. The number of benzene rings is 1. The highest BCUT2D eigenvalue weighted by atomic mass is 35.5. The maximum absolute atomic E-state index is 11.2. The summed E-state index contributed by atoms with van der Waals surface area (Å²) in [6, 6.07) is 5.08. The first-order valence-electron chi connectivity index (χ1n) is 5.09. The summed E-state index contributed by atoms with van der Waals surface area (Å²) in [5.41, 5.74) is 5.77. The number of halogens is 2. The summed E-state index contributed by atoms with van der Waals surface area (Å²) in [6.07, 6.45) is 0.896. The Balaban J connectivity index is 0.00000256. The normalized spacial score (nSPS) is 9.35. The minimum atomic E-state index is -0.274. The Morgan fingerprint density at radius 1 is 1.53 bits per heavy atom. The van der Waals surface area contributed by atoms with Crippen molar-refractivity contribution in [3.8, 4) is 5.75 Å². The molecule has 4 nitrogen and oxygen atoms in total. The van der Waals surface area contributed by atoms with Crippen LogP contribution in [-0.2, 0) is 4.79 Å². The smallest absolute Gasteiger partial charge is 0.238 e. The van der Waals surface area contributed by atoms with Gasteiger partial charge in [-0.2, -0.15) is 0 Å². The predicted molar refractivity (Wildman–Crippen MR) is 72.2 cm³/mol. The molecule has 96 valence electrons. The van der Waals surface area contributed by atoms with E-state index in [1.807, 2.05) is 6.92 Å². The molecule has 1 aromatic carbocycles. The van der Waals surface area contributed by atoms with E-state index in [1.165, 1.54) is 0 Å². The van der Waals surface area contributed by atoms with Crippen LogP contribution in [0.15, 0.2) is 18.2 Å². The second-order valence-corrected chi connectivity index (χ2v) is 3.68. The van der Waals surface area contributed by atoms with Crippen molar-refractivity contribution in [3.05, 3.63) is 23.2 Å². The Hall–Kier alpha value is -0.970. The van der Waals surface area contributed by atoms with E-state index in [2.05, 4.69) is 5.32 Å². The first-order valence-corrected chi connectivity index (χ1v) is 5.47. The van der Waals surface area contributed by atoms with Crippen LogP contribution in [0, 0.1) is 0 Å². The predicted octanol–water partition coefficient (Wildman–Crippen LogP) is 2.45. The zero-order chi connectivity index (χ0) is 12.0. The molecule has 0 saturated carbocycles. The molecule has 0 aliphatic heterocycles. The average Bonchev–Trinajstić information content (AvgIpc) is 2.28. The van der Waals surface area contributed by atoms with Gasteiger partial charge in [-0.3, -0.25) is 4.79 Å². The van der Waals surface area contributed by atoms with Gasteiger partial charge in [-0.15, -0.1) is 12.4 Å². The highest BCUT2D eigenvalue weighted by molar-refractivity contribution is 6.31. The van der Waals surface area contributed by atoms with Gasteiger partial charge in [-0.05, 0) is 24.6 Å². The highest BCUT2D eigenvalue weighted by Gasteiger charge is 2.07. The molecular weight excluding hydrogens is 263 g/mol. The van der Waals surface area contributed by atoms with Crippen LogP contribution in [0.4, 0.5) is 5.69 Å². The molecule has 1 amide bonds. The van der Waals surface area contributed by atoms with Gasteiger partial charge in [0, 0.05) is 5.02 Å². The van der Waals surface area contributed by atoms with E-state index in [-0.39, 0.29) is 24.9 Å². The second-order valence-electron chi connectivity index (χ2n) is 3.24. The number of hydrogen-bond acceptors (Lipinski definition) is 3. The van der Waals surface area contributed by atoms with Gasteiger partial charge >= 0.3 is 0 Å². The van der Waals surface area contributed by atoms with Gasteiger partial charge in [0.25, 0.3) is 0 Å². The fourth-order valence-electron chi connectivity index (χ4n) is 1.14. The fourth-order valence-corrected chi connectivity index (χ4v) is 1.31. The van der Waals surface area contributed by atoms with E-state index in [1.54, 1.807) is 18.2 Å². The lowest BCUT2D eigenvalue weighted by Crippen LogP contribution is -2.22. The first-order chi connectivity index (χ1) is 7.67. The van der Waals surface area contributed by atoms with Crippen LogP contribution in [0.25, 0.3) is 0 Å². The molecule has 0 atom stereocenters. The van der Waals surface area contributed by atoms with Crippen LogP contribution in [-0.4, -0.2) is 19.1 Å². The van der Waals surface area contributed by atoms with Crippen molar-refractivity contribution in [2.45, 2.75) is 13.3 Å². The second kappa shape index (κ2) is 8.17. The van der Waals surface area contributed by atoms with Crippen LogP contribution in [0.2, 0.25) is 5.02 Å². The molecule has 0 unspecified atom stereocenters. The van der Waals surface area contributed by atoms with Crippen LogP contribution in [0.3, 0.4) is 0 Å². The van der Waals surface area contributed by atoms with Crippen molar-refractivity contribution in [3.63, 3.8) is 0 Å². The lowest BCUT2D eigenvalue weighted by Gasteiger charge is -2.11.